The summed E-state index contributed by atoms with van der Waals surface area (Å²) in [5.74, 6) is 0.234. The van der Waals surface area contributed by atoms with E-state index in [0.29, 0.717) is 16.3 Å². The van der Waals surface area contributed by atoms with E-state index in [0.717, 1.165) is 11.8 Å². The Morgan fingerprint density at radius 1 is 1.23 bits per heavy atom. The molecule has 0 amide bonds. The Labute approximate surface area is 128 Å². The molecule has 3 heterocycles. The molecule has 0 spiro atoms. The Hall–Kier alpha value is -1.50. The first-order valence-electron chi connectivity index (χ1n) is 6.44. The lowest BCUT2D eigenvalue weighted by molar-refractivity contribution is -0.205. The number of aliphatic hydroxyl groups is 4. The van der Waals surface area contributed by atoms with Crippen LogP contribution in [0.1, 0.15) is 0 Å². The molecule has 2 aromatic rings. The first-order valence-corrected chi connectivity index (χ1v) is 7.32. The fourth-order valence-electron chi connectivity index (χ4n) is 2.16. The summed E-state index contributed by atoms with van der Waals surface area (Å²) in [5.41, 5.74) is 5.58. The minimum atomic E-state index is -1.43. The lowest BCUT2D eigenvalue weighted by Gasteiger charge is -2.39. The number of ether oxygens (including phenoxy) is 1. The molecule has 11 heteroatoms. The molecule has 120 valence electrons. The first kappa shape index (κ1) is 15.4. The molecule has 0 aliphatic carbocycles. The first-order chi connectivity index (χ1) is 10.5. The number of nitrogen functional groups attached to an aromatic ring is 1. The van der Waals surface area contributed by atoms with E-state index in [-0.39, 0.29) is 5.82 Å². The van der Waals surface area contributed by atoms with Gasteiger partial charge in [0.25, 0.3) is 0 Å². The van der Waals surface area contributed by atoms with Crippen LogP contribution in [0.3, 0.4) is 0 Å². The second-order valence-corrected chi connectivity index (χ2v) is 5.90. The van der Waals surface area contributed by atoms with E-state index in [1.807, 2.05) is 0 Å². The number of hydrogen-bond acceptors (Lipinski definition) is 10. The third-order valence-electron chi connectivity index (χ3n) is 3.37. The van der Waals surface area contributed by atoms with Gasteiger partial charge < -0.3 is 35.9 Å². The molecule has 2 aromatic heterocycles. The SMILES string of the molecule is Nc1ncnc2nc(SC3OC(CO)C(O)C(O)C3O)[nH]c12. The minimum Gasteiger partial charge on any atom is -0.394 e. The highest BCUT2D eigenvalue weighted by molar-refractivity contribution is 7.99. The van der Waals surface area contributed by atoms with Gasteiger partial charge in [0.1, 0.15) is 41.7 Å². The second kappa shape index (κ2) is 5.95. The average molecular weight is 329 g/mol. The van der Waals surface area contributed by atoms with Crippen LogP contribution in [-0.2, 0) is 4.74 Å². The van der Waals surface area contributed by atoms with Gasteiger partial charge in [-0.25, -0.2) is 15.0 Å². The van der Waals surface area contributed by atoms with Crippen molar-refractivity contribution in [3.8, 4) is 0 Å². The normalized spacial score (nSPS) is 32.5. The molecule has 5 atom stereocenters. The zero-order valence-electron chi connectivity index (χ0n) is 11.2. The van der Waals surface area contributed by atoms with Crippen LogP contribution in [0.2, 0.25) is 0 Å². The summed E-state index contributed by atoms with van der Waals surface area (Å²) in [6, 6.07) is 0. The van der Waals surface area contributed by atoms with Crippen LogP contribution in [0.5, 0.6) is 0 Å². The summed E-state index contributed by atoms with van der Waals surface area (Å²) >= 11 is 0.988. The number of nitrogens with zero attached hydrogens (tertiary/aromatic N) is 3. The average Bonchev–Trinajstić information content (AvgIpc) is 2.92. The number of nitrogens with two attached hydrogens (primary N) is 1. The molecule has 0 bridgehead atoms. The molecule has 1 aliphatic rings. The van der Waals surface area contributed by atoms with Crippen LogP contribution in [0.25, 0.3) is 11.2 Å². The van der Waals surface area contributed by atoms with E-state index in [9.17, 15) is 15.3 Å². The lowest BCUT2D eigenvalue weighted by Crippen LogP contribution is -2.57. The molecule has 1 aliphatic heterocycles. The van der Waals surface area contributed by atoms with Gasteiger partial charge in [-0.1, -0.05) is 11.8 Å². The number of aromatic nitrogens is 4. The fourth-order valence-corrected chi connectivity index (χ4v) is 3.17. The zero-order chi connectivity index (χ0) is 15.9. The summed E-state index contributed by atoms with van der Waals surface area (Å²) < 4.78 is 5.39. The van der Waals surface area contributed by atoms with Gasteiger partial charge in [0.15, 0.2) is 16.6 Å². The van der Waals surface area contributed by atoms with Crippen molar-refractivity contribution in [2.24, 2.45) is 0 Å². The topological polar surface area (TPSA) is 171 Å². The van der Waals surface area contributed by atoms with Gasteiger partial charge in [-0.15, -0.1) is 0 Å². The van der Waals surface area contributed by atoms with Crippen molar-refractivity contribution in [3.05, 3.63) is 6.33 Å². The highest BCUT2D eigenvalue weighted by Gasteiger charge is 2.44. The molecule has 7 N–H and O–H groups in total. The van der Waals surface area contributed by atoms with Crippen LogP contribution < -0.4 is 5.73 Å². The molecular formula is C11H15N5O5S. The van der Waals surface area contributed by atoms with E-state index >= 15 is 0 Å². The van der Waals surface area contributed by atoms with Crippen LogP contribution in [0.15, 0.2) is 11.5 Å². The molecule has 3 rings (SSSR count). The number of anilines is 1. The monoisotopic (exact) mass is 329 g/mol. The molecule has 1 saturated heterocycles. The Morgan fingerprint density at radius 3 is 2.68 bits per heavy atom. The van der Waals surface area contributed by atoms with Crippen molar-refractivity contribution in [2.75, 3.05) is 12.3 Å². The number of imidazole rings is 1. The predicted molar refractivity (Wildman–Crippen MR) is 75.7 cm³/mol. The summed E-state index contributed by atoms with van der Waals surface area (Å²) in [6.45, 7) is -0.486. The van der Waals surface area contributed by atoms with Crippen LogP contribution in [0, 0.1) is 0 Å². The zero-order valence-corrected chi connectivity index (χ0v) is 12.0. The van der Waals surface area contributed by atoms with Crippen LogP contribution in [-0.4, -0.2) is 76.8 Å². The van der Waals surface area contributed by atoms with Crippen molar-refractivity contribution in [2.45, 2.75) is 35.0 Å². The van der Waals surface area contributed by atoms with E-state index in [4.69, 9.17) is 15.6 Å². The van der Waals surface area contributed by atoms with Crippen molar-refractivity contribution in [1.29, 1.82) is 0 Å². The van der Waals surface area contributed by atoms with Crippen LogP contribution in [0.4, 0.5) is 5.82 Å². The van der Waals surface area contributed by atoms with Gasteiger partial charge in [-0.05, 0) is 0 Å². The Kier molecular flexibility index (Phi) is 4.16. The summed E-state index contributed by atoms with van der Waals surface area (Å²) in [5, 5.41) is 39.0. The Morgan fingerprint density at radius 2 is 2.00 bits per heavy atom. The maximum Gasteiger partial charge on any atom is 0.183 e. The number of aromatic amines is 1. The molecule has 1 fully saturated rings. The summed E-state index contributed by atoms with van der Waals surface area (Å²) in [4.78, 5) is 14.9. The standard InChI is InChI=1S/C11H15N5O5S/c12-8-4-9(14-2-13-8)16-11(15-4)22-10-7(20)6(19)5(18)3(1-17)21-10/h2-3,5-7,10,17-20H,1H2,(H3,12,13,14,15,16). The molecule has 10 nitrogen and oxygen atoms in total. The smallest absolute Gasteiger partial charge is 0.183 e. The third-order valence-corrected chi connectivity index (χ3v) is 4.41. The lowest BCUT2D eigenvalue weighted by atomic mass is 10.0. The Bertz CT molecular complexity index is 667. The number of fused-ring (bicyclic) bond motifs is 1. The maximum absolute atomic E-state index is 9.98. The summed E-state index contributed by atoms with van der Waals surface area (Å²) in [6.07, 6.45) is -3.86. The van der Waals surface area contributed by atoms with Gasteiger partial charge in [0.05, 0.1) is 6.61 Å². The van der Waals surface area contributed by atoms with Gasteiger partial charge in [-0.3, -0.25) is 0 Å². The van der Waals surface area contributed by atoms with Crippen molar-refractivity contribution < 1.29 is 25.2 Å². The van der Waals surface area contributed by atoms with Crippen molar-refractivity contribution >= 4 is 28.7 Å². The van der Waals surface area contributed by atoms with E-state index in [2.05, 4.69) is 19.9 Å². The summed E-state index contributed by atoms with van der Waals surface area (Å²) in [7, 11) is 0. The van der Waals surface area contributed by atoms with Gasteiger partial charge in [0.2, 0.25) is 0 Å². The molecule has 0 aromatic carbocycles. The van der Waals surface area contributed by atoms with Gasteiger partial charge in [0, 0.05) is 0 Å². The number of rotatable bonds is 3. The quantitative estimate of drug-likeness (QED) is 0.364. The number of aliphatic hydroxyl groups excluding tert-OH is 4. The number of nitrogens with one attached hydrogen (secondary N) is 1. The molecular weight excluding hydrogens is 314 g/mol. The van der Waals surface area contributed by atoms with E-state index in [1.165, 1.54) is 6.33 Å². The van der Waals surface area contributed by atoms with Crippen LogP contribution >= 0.6 is 11.8 Å². The molecule has 22 heavy (non-hydrogen) atoms. The number of H-pyrrole nitrogens is 1. The molecule has 0 saturated carbocycles. The van der Waals surface area contributed by atoms with Crippen molar-refractivity contribution in [3.63, 3.8) is 0 Å². The molecule has 0 radical (unpaired) electrons. The number of hydrogen-bond donors (Lipinski definition) is 6. The number of thioether (sulfide) groups is 1. The highest BCUT2D eigenvalue weighted by atomic mass is 32.2. The van der Waals surface area contributed by atoms with Gasteiger partial charge >= 0.3 is 0 Å². The van der Waals surface area contributed by atoms with E-state index in [1.54, 1.807) is 0 Å². The third kappa shape index (κ3) is 2.62. The second-order valence-electron chi connectivity index (χ2n) is 4.81. The Balaban J connectivity index is 1.82. The van der Waals surface area contributed by atoms with Gasteiger partial charge in [-0.2, -0.15) is 0 Å². The fraction of sp³-hybridized carbons (Fsp3) is 0.545. The minimum absolute atomic E-state index is 0.234. The van der Waals surface area contributed by atoms with E-state index < -0.39 is 36.5 Å². The highest BCUT2D eigenvalue weighted by Crippen LogP contribution is 2.33. The van der Waals surface area contributed by atoms with Crippen molar-refractivity contribution in [1.82, 2.24) is 19.9 Å². The largest absolute Gasteiger partial charge is 0.394 e. The molecule has 5 unspecified atom stereocenters. The maximum atomic E-state index is 9.98. The predicted octanol–water partition coefficient (Wildman–Crippen LogP) is -2.17.